The second-order valence-electron chi connectivity index (χ2n) is 7.15. The molecule has 1 aromatic carbocycles. The smallest absolute Gasteiger partial charge is 0.141 e. The van der Waals surface area contributed by atoms with Crippen LogP contribution in [-0.4, -0.2) is 29.6 Å². The average Bonchev–Trinajstić information content (AvgIpc) is 2.37. The van der Waals surface area contributed by atoms with Crippen LogP contribution in [0.25, 0.3) is 0 Å². The highest BCUT2D eigenvalue weighted by Gasteiger charge is 2.33. The highest BCUT2D eigenvalue weighted by molar-refractivity contribution is 6.30. The maximum absolute atomic E-state index is 13.3. The van der Waals surface area contributed by atoms with Gasteiger partial charge in [0.1, 0.15) is 5.82 Å². The molecule has 1 heterocycles. The number of hydrogen-bond acceptors (Lipinski definition) is 2. The van der Waals surface area contributed by atoms with Crippen molar-refractivity contribution in [3.63, 3.8) is 0 Å². The van der Waals surface area contributed by atoms with Gasteiger partial charge >= 0.3 is 0 Å². The molecule has 1 aliphatic heterocycles. The summed E-state index contributed by atoms with van der Waals surface area (Å²) in [5.41, 5.74) is 1.16. The van der Waals surface area contributed by atoms with Crippen LogP contribution in [0.5, 0.6) is 0 Å². The molecule has 2 rings (SSSR count). The molecule has 0 spiro atoms. The zero-order chi connectivity index (χ0) is 15.6. The van der Waals surface area contributed by atoms with E-state index in [0.29, 0.717) is 12.0 Å². The maximum Gasteiger partial charge on any atom is 0.141 e. The fraction of sp³-hybridized carbons (Fsp3) is 0.647. The lowest BCUT2D eigenvalue weighted by Crippen LogP contribution is -2.61. The number of halogens is 2. The Morgan fingerprint density at radius 1 is 1.43 bits per heavy atom. The van der Waals surface area contributed by atoms with E-state index in [-0.39, 0.29) is 16.4 Å². The van der Waals surface area contributed by atoms with Gasteiger partial charge in [-0.2, -0.15) is 0 Å². The van der Waals surface area contributed by atoms with Crippen molar-refractivity contribution in [2.75, 3.05) is 13.1 Å². The van der Waals surface area contributed by atoms with Gasteiger partial charge in [-0.15, -0.1) is 0 Å². The molecule has 1 aromatic rings. The number of hydrogen-bond donors (Lipinski definition) is 1. The first-order valence-electron chi connectivity index (χ1n) is 7.70. The highest BCUT2D eigenvalue weighted by atomic mass is 35.5. The summed E-state index contributed by atoms with van der Waals surface area (Å²) in [6, 6.07) is 5.55. The topological polar surface area (TPSA) is 15.3 Å². The SMILES string of the molecule is CC(C)CC1CN(Cc2ccc(F)c(Cl)c2)C(C)(C)CN1. The minimum absolute atomic E-state index is 0.0916. The zero-order valence-corrected chi connectivity index (χ0v) is 14.2. The Morgan fingerprint density at radius 3 is 2.76 bits per heavy atom. The van der Waals surface area contributed by atoms with Gasteiger partial charge in [-0.05, 0) is 43.9 Å². The van der Waals surface area contributed by atoms with Crippen molar-refractivity contribution in [3.8, 4) is 0 Å². The number of nitrogens with zero attached hydrogens (tertiary/aromatic N) is 1. The number of nitrogens with one attached hydrogen (secondary N) is 1. The van der Waals surface area contributed by atoms with Crippen molar-refractivity contribution in [2.45, 2.75) is 52.2 Å². The van der Waals surface area contributed by atoms with Crippen molar-refractivity contribution in [2.24, 2.45) is 5.92 Å². The molecule has 118 valence electrons. The van der Waals surface area contributed by atoms with E-state index < -0.39 is 0 Å². The molecule has 0 bridgehead atoms. The molecule has 0 amide bonds. The normalized spacial score (nSPS) is 22.7. The van der Waals surface area contributed by atoms with Crippen molar-refractivity contribution >= 4 is 11.6 Å². The molecule has 1 atom stereocenters. The molecule has 4 heteroatoms. The Bertz CT molecular complexity index is 488. The van der Waals surface area contributed by atoms with Gasteiger partial charge in [0.2, 0.25) is 0 Å². The van der Waals surface area contributed by atoms with E-state index in [1.807, 2.05) is 6.07 Å². The van der Waals surface area contributed by atoms with E-state index in [0.717, 1.165) is 25.2 Å². The van der Waals surface area contributed by atoms with Crippen LogP contribution in [-0.2, 0) is 6.54 Å². The number of piperazine rings is 1. The maximum atomic E-state index is 13.3. The highest BCUT2D eigenvalue weighted by Crippen LogP contribution is 2.25. The standard InChI is InChI=1S/C17H26ClFN2/c1-12(2)7-14-10-21(17(3,4)11-20-14)9-13-5-6-16(19)15(18)8-13/h5-6,8,12,14,20H,7,9-11H2,1-4H3. The van der Waals surface area contributed by atoms with Crippen molar-refractivity contribution < 1.29 is 4.39 Å². The third-order valence-corrected chi connectivity index (χ3v) is 4.52. The molecule has 0 saturated carbocycles. The van der Waals surface area contributed by atoms with Gasteiger partial charge in [0.15, 0.2) is 0 Å². The molecule has 21 heavy (non-hydrogen) atoms. The van der Waals surface area contributed by atoms with E-state index in [4.69, 9.17) is 11.6 Å². The van der Waals surface area contributed by atoms with E-state index in [1.165, 1.54) is 12.5 Å². The molecular weight excluding hydrogens is 287 g/mol. The zero-order valence-electron chi connectivity index (χ0n) is 13.4. The van der Waals surface area contributed by atoms with E-state index in [9.17, 15) is 4.39 Å². The van der Waals surface area contributed by atoms with Crippen molar-refractivity contribution in [1.29, 1.82) is 0 Å². The van der Waals surface area contributed by atoms with Gasteiger partial charge in [0, 0.05) is 31.2 Å². The van der Waals surface area contributed by atoms with Crippen LogP contribution in [0.15, 0.2) is 18.2 Å². The fourth-order valence-corrected chi connectivity index (χ4v) is 3.15. The summed E-state index contributed by atoms with van der Waals surface area (Å²) in [5.74, 6) is 0.337. The predicted molar refractivity (Wildman–Crippen MR) is 87.1 cm³/mol. The Kier molecular flexibility index (Phi) is 5.29. The van der Waals surface area contributed by atoms with E-state index >= 15 is 0 Å². The summed E-state index contributed by atoms with van der Waals surface area (Å²) >= 11 is 5.89. The fourth-order valence-electron chi connectivity index (χ4n) is 2.95. The Labute approximate surface area is 132 Å². The quantitative estimate of drug-likeness (QED) is 0.901. The summed E-state index contributed by atoms with van der Waals surface area (Å²) in [7, 11) is 0. The van der Waals surface area contributed by atoms with Crippen molar-refractivity contribution in [3.05, 3.63) is 34.6 Å². The first-order valence-corrected chi connectivity index (χ1v) is 8.08. The summed E-state index contributed by atoms with van der Waals surface area (Å²) in [6.45, 7) is 11.8. The van der Waals surface area contributed by atoms with Crippen LogP contribution in [0.3, 0.4) is 0 Å². The van der Waals surface area contributed by atoms with Crippen LogP contribution < -0.4 is 5.32 Å². The monoisotopic (exact) mass is 312 g/mol. The largest absolute Gasteiger partial charge is 0.311 e. The van der Waals surface area contributed by atoms with Gasteiger partial charge in [-0.25, -0.2) is 4.39 Å². The summed E-state index contributed by atoms with van der Waals surface area (Å²) in [6.07, 6.45) is 1.18. The Balaban J connectivity index is 2.08. The van der Waals surface area contributed by atoms with Gasteiger partial charge in [-0.3, -0.25) is 4.90 Å². The molecule has 0 aliphatic carbocycles. The van der Waals surface area contributed by atoms with Crippen LogP contribution in [0.1, 0.15) is 39.7 Å². The second-order valence-corrected chi connectivity index (χ2v) is 7.56. The molecule has 2 nitrogen and oxygen atoms in total. The molecule has 1 saturated heterocycles. The van der Waals surface area contributed by atoms with Crippen LogP contribution in [0.2, 0.25) is 5.02 Å². The number of rotatable bonds is 4. The van der Waals surface area contributed by atoms with Crippen LogP contribution in [0.4, 0.5) is 4.39 Å². The Hall–Kier alpha value is -0.640. The molecule has 0 aromatic heterocycles. The van der Waals surface area contributed by atoms with Gasteiger partial charge in [0.05, 0.1) is 5.02 Å². The average molecular weight is 313 g/mol. The van der Waals surface area contributed by atoms with Gasteiger partial charge in [-0.1, -0.05) is 31.5 Å². The predicted octanol–water partition coefficient (Wildman–Crippen LogP) is 4.08. The lowest BCUT2D eigenvalue weighted by atomic mass is 9.93. The first-order chi connectivity index (χ1) is 9.78. The van der Waals surface area contributed by atoms with Crippen LogP contribution in [0, 0.1) is 11.7 Å². The molecule has 1 N–H and O–H groups in total. The van der Waals surface area contributed by atoms with Crippen molar-refractivity contribution in [1.82, 2.24) is 10.2 Å². The van der Waals surface area contributed by atoms with E-state index in [1.54, 1.807) is 6.07 Å². The Morgan fingerprint density at radius 2 is 2.14 bits per heavy atom. The third kappa shape index (κ3) is 4.41. The number of benzene rings is 1. The van der Waals surface area contributed by atoms with Crippen LogP contribution >= 0.6 is 11.6 Å². The van der Waals surface area contributed by atoms with Gasteiger partial charge in [0.25, 0.3) is 0 Å². The summed E-state index contributed by atoms with van der Waals surface area (Å²) in [4.78, 5) is 2.47. The molecule has 0 radical (unpaired) electrons. The molecule has 1 aliphatic rings. The first kappa shape index (κ1) is 16.7. The molecule has 1 fully saturated rings. The van der Waals surface area contributed by atoms with E-state index in [2.05, 4.69) is 37.9 Å². The minimum Gasteiger partial charge on any atom is -0.311 e. The lowest BCUT2D eigenvalue weighted by Gasteiger charge is -2.46. The lowest BCUT2D eigenvalue weighted by molar-refractivity contribution is 0.0536. The summed E-state index contributed by atoms with van der Waals surface area (Å²) < 4.78 is 13.3. The van der Waals surface area contributed by atoms with Gasteiger partial charge < -0.3 is 5.32 Å². The minimum atomic E-state index is -0.349. The third-order valence-electron chi connectivity index (χ3n) is 4.23. The molecule has 1 unspecified atom stereocenters. The second kappa shape index (κ2) is 6.64. The molecular formula is C17H26ClFN2. The summed E-state index contributed by atoms with van der Waals surface area (Å²) in [5, 5.41) is 3.86.